The van der Waals surface area contributed by atoms with Crippen LogP contribution in [0.25, 0.3) is 0 Å². The zero-order valence-electron chi connectivity index (χ0n) is 10.5. The van der Waals surface area contributed by atoms with Crippen LogP contribution >= 0.6 is 11.6 Å². The summed E-state index contributed by atoms with van der Waals surface area (Å²) < 4.78 is 56.2. The Morgan fingerprint density at radius 1 is 1.09 bits per heavy atom. The summed E-state index contributed by atoms with van der Waals surface area (Å²) in [5.74, 6) is -1.30. The van der Waals surface area contributed by atoms with Gasteiger partial charge < -0.3 is 4.74 Å². The number of ether oxygens (including phenoxy) is 1. The van der Waals surface area contributed by atoms with E-state index in [1.165, 1.54) is 0 Å². The summed E-state index contributed by atoms with van der Waals surface area (Å²) >= 11 is 5.51. The average molecular weight is 336 g/mol. The van der Waals surface area contributed by atoms with Gasteiger partial charge in [0.25, 0.3) is 0 Å². The monoisotopic (exact) mass is 335 g/mol. The molecule has 2 aromatic carbocycles. The number of nitrogens with zero attached hydrogens (tertiary/aromatic N) is 1. The second-order valence-electron chi connectivity index (χ2n) is 4.11. The van der Waals surface area contributed by atoms with Crippen LogP contribution in [0.1, 0.15) is 5.56 Å². The standard InChI is InChI=1S/C13H6ClF4NO3/c14-10-5-7(1-3-9(10)13(16,17)18)22-8-2-4-12(19(20)21)11(15)6-8/h1-6H. The minimum absolute atomic E-state index is 0.0637. The number of nitro benzene ring substituents is 1. The zero-order chi connectivity index (χ0) is 16.5. The van der Waals surface area contributed by atoms with Crippen molar-refractivity contribution in [3.63, 3.8) is 0 Å². The number of nitro groups is 1. The van der Waals surface area contributed by atoms with Crippen LogP contribution in [0.15, 0.2) is 36.4 Å². The highest BCUT2D eigenvalue weighted by Crippen LogP contribution is 2.37. The lowest BCUT2D eigenvalue weighted by Gasteiger charge is -2.11. The first-order valence-corrected chi connectivity index (χ1v) is 6.05. The third-order valence-electron chi connectivity index (χ3n) is 2.60. The summed E-state index contributed by atoms with van der Waals surface area (Å²) in [5.41, 5.74) is -1.77. The molecule has 0 saturated heterocycles. The van der Waals surface area contributed by atoms with Crippen molar-refractivity contribution in [2.24, 2.45) is 0 Å². The molecule has 116 valence electrons. The van der Waals surface area contributed by atoms with E-state index in [9.17, 15) is 27.7 Å². The summed E-state index contributed by atoms with van der Waals surface area (Å²) in [4.78, 5) is 9.56. The molecule has 0 unspecified atom stereocenters. The molecule has 0 saturated carbocycles. The van der Waals surface area contributed by atoms with Crippen LogP contribution in [0.5, 0.6) is 11.5 Å². The highest BCUT2D eigenvalue weighted by atomic mass is 35.5. The second kappa shape index (κ2) is 5.80. The van der Waals surface area contributed by atoms with Crippen molar-refractivity contribution in [1.82, 2.24) is 0 Å². The Bertz CT molecular complexity index is 734. The smallest absolute Gasteiger partial charge is 0.417 e. The van der Waals surface area contributed by atoms with Crippen molar-refractivity contribution in [3.05, 3.63) is 62.9 Å². The van der Waals surface area contributed by atoms with Crippen LogP contribution < -0.4 is 4.74 Å². The molecule has 0 bridgehead atoms. The Kier molecular flexibility index (Phi) is 4.23. The van der Waals surface area contributed by atoms with Gasteiger partial charge in [-0.15, -0.1) is 0 Å². The van der Waals surface area contributed by atoms with Gasteiger partial charge in [-0.2, -0.15) is 17.6 Å². The number of halogens is 5. The molecule has 0 aliphatic carbocycles. The lowest BCUT2D eigenvalue weighted by atomic mass is 10.2. The minimum Gasteiger partial charge on any atom is -0.457 e. The van der Waals surface area contributed by atoms with Crippen molar-refractivity contribution in [1.29, 1.82) is 0 Å². The molecule has 0 spiro atoms. The van der Waals surface area contributed by atoms with Crippen LogP contribution in [0, 0.1) is 15.9 Å². The van der Waals surface area contributed by atoms with E-state index >= 15 is 0 Å². The van der Waals surface area contributed by atoms with Gasteiger partial charge in [0.05, 0.1) is 15.5 Å². The van der Waals surface area contributed by atoms with Crippen molar-refractivity contribution < 1.29 is 27.2 Å². The van der Waals surface area contributed by atoms with Crippen molar-refractivity contribution >= 4 is 17.3 Å². The van der Waals surface area contributed by atoms with E-state index in [4.69, 9.17) is 16.3 Å². The fourth-order valence-electron chi connectivity index (χ4n) is 1.62. The van der Waals surface area contributed by atoms with Gasteiger partial charge in [0.1, 0.15) is 11.5 Å². The quantitative estimate of drug-likeness (QED) is 0.440. The molecule has 0 radical (unpaired) electrons. The highest BCUT2D eigenvalue weighted by molar-refractivity contribution is 6.31. The molecule has 0 fully saturated rings. The molecule has 0 N–H and O–H groups in total. The number of alkyl halides is 3. The molecule has 2 aromatic rings. The van der Waals surface area contributed by atoms with E-state index in [-0.39, 0.29) is 11.5 Å². The number of rotatable bonds is 3. The third kappa shape index (κ3) is 3.45. The zero-order valence-corrected chi connectivity index (χ0v) is 11.3. The molecule has 2 rings (SSSR count). The van der Waals surface area contributed by atoms with Gasteiger partial charge in [-0.1, -0.05) is 11.6 Å². The molecular formula is C13H6ClF4NO3. The maximum absolute atomic E-state index is 13.4. The van der Waals surface area contributed by atoms with Crippen LogP contribution in [0.2, 0.25) is 5.02 Å². The maximum Gasteiger partial charge on any atom is 0.417 e. The predicted octanol–water partition coefficient (Wildman–Crippen LogP) is 5.20. The van der Waals surface area contributed by atoms with Gasteiger partial charge in [-0.05, 0) is 18.2 Å². The van der Waals surface area contributed by atoms with E-state index in [2.05, 4.69) is 0 Å². The molecule has 0 aliphatic rings. The topological polar surface area (TPSA) is 52.4 Å². The van der Waals surface area contributed by atoms with Gasteiger partial charge in [0.15, 0.2) is 0 Å². The molecular weight excluding hydrogens is 330 g/mol. The Morgan fingerprint density at radius 2 is 1.68 bits per heavy atom. The van der Waals surface area contributed by atoms with Crippen molar-refractivity contribution in [2.45, 2.75) is 6.18 Å². The summed E-state index contributed by atoms with van der Waals surface area (Å²) in [6.45, 7) is 0. The molecule has 0 aliphatic heterocycles. The normalized spacial score (nSPS) is 11.3. The van der Waals surface area contributed by atoms with Crippen molar-refractivity contribution in [2.75, 3.05) is 0 Å². The van der Waals surface area contributed by atoms with E-state index in [1.807, 2.05) is 0 Å². The Morgan fingerprint density at radius 3 is 2.18 bits per heavy atom. The molecule has 0 amide bonds. The van der Waals surface area contributed by atoms with Gasteiger partial charge in [0, 0.05) is 18.2 Å². The molecule has 0 atom stereocenters. The summed E-state index contributed by atoms with van der Waals surface area (Å²) in [7, 11) is 0. The van der Waals surface area contributed by atoms with Gasteiger partial charge in [0.2, 0.25) is 5.82 Å². The second-order valence-corrected chi connectivity index (χ2v) is 4.52. The summed E-state index contributed by atoms with van der Waals surface area (Å²) in [6.07, 6.45) is -4.60. The number of benzene rings is 2. The van der Waals surface area contributed by atoms with Crippen molar-refractivity contribution in [3.8, 4) is 11.5 Å². The molecule has 4 nitrogen and oxygen atoms in total. The lowest BCUT2D eigenvalue weighted by Crippen LogP contribution is -2.05. The van der Waals surface area contributed by atoms with Crippen LogP contribution in [0.4, 0.5) is 23.2 Å². The Hall–Kier alpha value is -2.35. The Labute approximate surface area is 126 Å². The SMILES string of the molecule is O=[N+]([O-])c1ccc(Oc2ccc(C(F)(F)F)c(Cl)c2)cc1F. The summed E-state index contributed by atoms with van der Waals surface area (Å²) in [6, 6.07) is 5.41. The van der Waals surface area contributed by atoms with Gasteiger partial charge >= 0.3 is 11.9 Å². The highest BCUT2D eigenvalue weighted by Gasteiger charge is 2.33. The first kappa shape index (κ1) is 16.0. The van der Waals surface area contributed by atoms with E-state index in [0.29, 0.717) is 0 Å². The molecule has 22 heavy (non-hydrogen) atoms. The van der Waals surface area contributed by atoms with Crippen LogP contribution in [0.3, 0.4) is 0 Å². The van der Waals surface area contributed by atoms with E-state index < -0.39 is 33.2 Å². The maximum atomic E-state index is 13.4. The fraction of sp³-hybridized carbons (Fsp3) is 0.0769. The van der Waals surface area contributed by atoms with Crippen LogP contribution in [-0.4, -0.2) is 4.92 Å². The summed E-state index contributed by atoms with van der Waals surface area (Å²) in [5, 5.41) is 9.89. The predicted molar refractivity (Wildman–Crippen MR) is 69.6 cm³/mol. The average Bonchev–Trinajstić information content (AvgIpc) is 2.36. The van der Waals surface area contributed by atoms with Gasteiger partial charge in [-0.3, -0.25) is 10.1 Å². The third-order valence-corrected chi connectivity index (χ3v) is 2.91. The van der Waals surface area contributed by atoms with E-state index in [0.717, 1.165) is 36.4 Å². The first-order chi connectivity index (χ1) is 10.2. The lowest BCUT2D eigenvalue weighted by molar-refractivity contribution is -0.387. The minimum atomic E-state index is -4.60. The van der Waals surface area contributed by atoms with Gasteiger partial charge in [-0.25, -0.2) is 0 Å². The number of hydrogen-bond acceptors (Lipinski definition) is 3. The van der Waals surface area contributed by atoms with Crippen LogP contribution in [-0.2, 0) is 6.18 Å². The fourth-order valence-corrected chi connectivity index (χ4v) is 1.90. The molecule has 0 heterocycles. The first-order valence-electron chi connectivity index (χ1n) is 5.67. The molecule has 9 heteroatoms. The molecule has 0 aromatic heterocycles. The number of hydrogen-bond donors (Lipinski definition) is 0. The largest absolute Gasteiger partial charge is 0.457 e. The Balaban J connectivity index is 2.27. The van der Waals surface area contributed by atoms with E-state index in [1.54, 1.807) is 0 Å².